The summed E-state index contributed by atoms with van der Waals surface area (Å²) >= 11 is 3.74. The number of hydrogen-bond acceptors (Lipinski definition) is 2. The highest BCUT2D eigenvalue weighted by molar-refractivity contribution is 9.10. The molecule has 0 saturated carbocycles. The van der Waals surface area contributed by atoms with Gasteiger partial charge in [-0.1, -0.05) is 34.6 Å². The summed E-state index contributed by atoms with van der Waals surface area (Å²) < 4.78 is 3.38. The van der Waals surface area contributed by atoms with E-state index in [0.717, 1.165) is 25.9 Å². The fraction of sp³-hybridized carbons (Fsp3) is 0.824. The van der Waals surface area contributed by atoms with E-state index in [-0.39, 0.29) is 0 Å². The first-order chi connectivity index (χ1) is 9.85. The second-order valence-electron chi connectivity index (χ2n) is 6.75. The summed E-state index contributed by atoms with van der Waals surface area (Å²) in [5.74, 6) is 0. The Hall–Kier alpha value is -0.350. The third-order valence-electron chi connectivity index (χ3n) is 4.10. The molecule has 0 aromatic carbocycles. The largest absolute Gasteiger partial charge is 0.314 e. The Kier molecular flexibility index (Phi) is 7.41. The predicted octanol–water partition coefficient (Wildman–Crippen LogP) is 4.57. The van der Waals surface area contributed by atoms with E-state index in [0.29, 0.717) is 11.5 Å². The maximum absolute atomic E-state index is 4.68. The van der Waals surface area contributed by atoms with Gasteiger partial charge in [-0.3, -0.25) is 4.68 Å². The molecule has 0 radical (unpaired) electrons. The van der Waals surface area contributed by atoms with Gasteiger partial charge in [0, 0.05) is 12.6 Å². The van der Waals surface area contributed by atoms with Gasteiger partial charge in [0.1, 0.15) is 0 Å². The summed E-state index contributed by atoms with van der Waals surface area (Å²) in [6.45, 7) is 15.5. The second kappa shape index (κ2) is 8.33. The first-order valence-electron chi connectivity index (χ1n) is 8.32. The Labute approximate surface area is 139 Å². The highest BCUT2D eigenvalue weighted by Crippen LogP contribution is 2.27. The fourth-order valence-electron chi connectivity index (χ4n) is 2.82. The van der Waals surface area contributed by atoms with Crippen molar-refractivity contribution in [2.45, 2.75) is 79.8 Å². The first kappa shape index (κ1) is 18.7. The van der Waals surface area contributed by atoms with Crippen LogP contribution in [0, 0.1) is 5.41 Å². The topological polar surface area (TPSA) is 29.9 Å². The molecule has 1 aromatic rings. The number of rotatable bonds is 8. The molecule has 1 N–H and O–H groups in total. The van der Waals surface area contributed by atoms with Crippen LogP contribution in [0.3, 0.4) is 0 Å². The van der Waals surface area contributed by atoms with Gasteiger partial charge in [0.15, 0.2) is 0 Å². The molecular formula is C17H32BrN3. The van der Waals surface area contributed by atoms with Gasteiger partial charge in [0.25, 0.3) is 0 Å². The van der Waals surface area contributed by atoms with Crippen molar-refractivity contribution in [3.63, 3.8) is 0 Å². The lowest BCUT2D eigenvalue weighted by Gasteiger charge is -2.31. The Morgan fingerprint density at radius 1 is 1.24 bits per heavy atom. The highest BCUT2D eigenvalue weighted by Gasteiger charge is 2.23. The van der Waals surface area contributed by atoms with Gasteiger partial charge in [-0.25, -0.2) is 0 Å². The van der Waals surface area contributed by atoms with Gasteiger partial charge >= 0.3 is 0 Å². The monoisotopic (exact) mass is 357 g/mol. The van der Waals surface area contributed by atoms with E-state index in [4.69, 9.17) is 0 Å². The maximum Gasteiger partial charge on any atom is 0.0766 e. The number of nitrogens with one attached hydrogen (secondary N) is 1. The molecule has 1 rings (SSSR count). The summed E-state index contributed by atoms with van der Waals surface area (Å²) in [6, 6.07) is 0.574. The minimum atomic E-state index is 0.312. The van der Waals surface area contributed by atoms with Gasteiger partial charge < -0.3 is 5.32 Å². The summed E-state index contributed by atoms with van der Waals surface area (Å²) in [7, 11) is 0. The normalized spacial score (nSPS) is 13.7. The van der Waals surface area contributed by atoms with Gasteiger partial charge in [-0.2, -0.15) is 5.10 Å². The van der Waals surface area contributed by atoms with Crippen LogP contribution in [0.25, 0.3) is 0 Å². The lowest BCUT2D eigenvalue weighted by molar-refractivity contribution is 0.254. The van der Waals surface area contributed by atoms with Gasteiger partial charge in [-0.15, -0.1) is 0 Å². The predicted molar refractivity (Wildman–Crippen MR) is 94.8 cm³/mol. The minimum absolute atomic E-state index is 0.312. The van der Waals surface area contributed by atoms with Crippen LogP contribution in [0.4, 0.5) is 0 Å². The third-order valence-corrected chi connectivity index (χ3v) is 5.01. The second-order valence-corrected chi connectivity index (χ2v) is 7.54. The van der Waals surface area contributed by atoms with E-state index in [1.165, 1.54) is 28.7 Å². The maximum atomic E-state index is 4.68. The number of hydrogen-bond donors (Lipinski definition) is 1. The lowest BCUT2D eigenvalue weighted by atomic mass is 9.83. The molecule has 0 aliphatic heterocycles. The quantitative estimate of drug-likeness (QED) is 0.737. The van der Waals surface area contributed by atoms with E-state index in [9.17, 15) is 0 Å². The molecule has 4 heteroatoms. The molecule has 1 unspecified atom stereocenters. The van der Waals surface area contributed by atoms with Crippen molar-refractivity contribution in [2.75, 3.05) is 6.54 Å². The molecule has 0 spiro atoms. The number of aromatic nitrogens is 2. The Morgan fingerprint density at radius 3 is 2.38 bits per heavy atom. The Morgan fingerprint density at radius 2 is 1.90 bits per heavy atom. The first-order valence-corrected chi connectivity index (χ1v) is 9.11. The van der Waals surface area contributed by atoms with Crippen LogP contribution < -0.4 is 5.32 Å². The highest BCUT2D eigenvalue weighted by atomic mass is 79.9. The van der Waals surface area contributed by atoms with Crippen molar-refractivity contribution in [3.8, 4) is 0 Å². The molecule has 1 atom stereocenters. The van der Waals surface area contributed by atoms with Crippen molar-refractivity contribution in [1.29, 1.82) is 0 Å². The molecule has 21 heavy (non-hydrogen) atoms. The van der Waals surface area contributed by atoms with E-state index in [2.05, 4.69) is 72.6 Å². The van der Waals surface area contributed by atoms with Crippen LogP contribution in [0.2, 0.25) is 0 Å². The number of nitrogens with zero attached hydrogens (tertiary/aromatic N) is 2. The minimum Gasteiger partial charge on any atom is -0.314 e. The molecule has 0 aliphatic carbocycles. The number of halogens is 1. The average Bonchev–Trinajstić information content (AvgIpc) is 2.73. The standard InChI is InChI=1S/C17H32BrN3/c1-7-13-16(18)14(21(9-3)20-13)11-10-12-15(19-8-2)17(4,5)6/h15,19H,7-12H2,1-6H3. The van der Waals surface area contributed by atoms with Crippen molar-refractivity contribution >= 4 is 15.9 Å². The third kappa shape index (κ3) is 5.10. The summed E-state index contributed by atoms with van der Waals surface area (Å²) in [4.78, 5) is 0. The zero-order valence-electron chi connectivity index (χ0n) is 14.6. The van der Waals surface area contributed by atoms with Crippen LogP contribution in [0.15, 0.2) is 4.47 Å². The smallest absolute Gasteiger partial charge is 0.0766 e. The molecule has 1 aromatic heterocycles. The van der Waals surface area contributed by atoms with E-state index >= 15 is 0 Å². The molecule has 0 amide bonds. The van der Waals surface area contributed by atoms with Crippen LogP contribution in [0.1, 0.15) is 65.8 Å². The molecule has 0 fully saturated rings. The molecule has 1 heterocycles. The molecule has 0 bridgehead atoms. The SMILES string of the molecule is CCNC(CCCc1c(Br)c(CC)nn1CC)C(C)(C)C. The van der Waals surface area contributed by atoms with Crippen LogP contribution in [-0.2, 0) is 19.4 Å². The summed E-state index contributed by atoms with van der Waals surface area (Å²) in [5.41, 5.74) is 2.86. The van der Waals surface area contributed by atoms with Crippen molar-refractivity contribution in [1.82, 2.24) is 15.1 Å². The zero-order valence-corrected chi connectivity index (χ0v) is 16.2. The average molecular weight is 358 g/mol. The molecule has 3 nitrogen and oxygen atoms in total. The van der Waals surface area contributed by atoms with E-state index < -0.39 is 0 Å². The molecule has 0 aliphatic rings. The van der Waals surface area contributed by atoms with Gasteiger partial charge in [-0.05, 0) is 60.5 Å². The zero-order chi connectivity index (χ0) is 16.0. The van der Waals surface area contributed by atoms with Crippen LogP contribution in [-0.4, -0.2) is 22.4 Å². The molecular weight excluding hydrogens is 326 g/mol. The lowest BCUT2D eigenvalue weighted by Crippen LogP contribution is -2.40. The van der Waals surface area contributed by atoms with Crippen LogP contribution >= 0.6 is 15.9 Å². The van der Waals surface area contributed by atoms with E-state index in [1.807, 2.05) is 0 Å². The Balaban J connectivity index is 2.68. The fourth-order valence-corrected chi connectivity index (χ4v) is 3.58. The van der Waals surface area contributed by atoms with Crippen molar-refractivity contribution < 1.29 is 0 Å². The summed E-state index contributed by atoms with van der Waals surface area (Å²) in [5, 5.41) is 8.32. The number of aryl methyl sites for hydroxylation is 2. The van der Waals surface area contributed by atoms with Crippen LogP contribution in [0.5, 0.6) is 0 Å². The Bertz CT molecular complexity index is 432. The summed E-state index contributed by atoms with van der Waals surface area (Å²) in [6.07, 6.45) is 4.49. The van der Waals surface area contributed by atoms with Crippen molar-refractivity contribution in [2.24, 2.45) is 5.41 Å². The molecule has 122 valence electrons. The van der Waals surface area contributed by atoms with Gasteiger partial charge in [0.2, 0.25) is 0 Å². The van der Waals surface area contributed by atoms with Gasteiger partial charge in [0.05, 0.1) is 15.9 Å². The molecule has 0 saturated heterocycles. The van der Waals surface area contributed by atoms with E-state index in [1.54, 1.807) is 0 Å². The van der Waals surface area contributed by atoms with Crippen molar-refractivity contribution in [3.05, 3.63) is 15.9 Å².